The lowest BCUT2D eigenvalue weighted by Gasteiger charge is -2.17. The largest absolute Gasteiger partial charge is 0.457 e. The zero-order chi connectivity index (χ0) is 17.6. The fourth-order valence-corrected chi connectivity index (χ4v) is 3.57. The Balaban J connectivity index is 1.74. The number of nitrogens with zero attached hydrogens (tertiary/aromatic N) is 1. The van der Waals surface area contributed by atoms with Crippen molar-refractivity contribution in [1.82, 2.24) is 4.90 Å². The normalized spacial score (nSPS) is 10.5. The summed E-state index contributed by atoms with van der Waals surface area (Å²) in [5, 5.41) is 0. The van der Waals surface area contributed by atoms with Crippen molar-refractivity contribution in [3.05, 3.63) is 71.6 Å². The van der Waals surface area contributed by atoms with Crippen LogP contribution in [0.15, 0.2) is 66.7 Å². The fraction of sp³-hybridized carbons (Fsp3) is 0.190. The van der Waals surface area contributed by atoms with Crippen LogP contribution in [0.2, 0.25) is 0 Å². The quantitative estimate of drug-likeness (QED) is 0.571. The lowest BCUT2D eigenvalue weighted by molar-refractivity contribution is 0.0778. The van der Waals surface area contributed by atoms with Gasteiger partial charge in [-0.15, -0.1) is 11.3 Å². The molecule has 0 saturated heterocycles. The first-order valence-corrected chi connectivity index (χ1v) is 9.25. The lowest BCUT2D eigenvalue weighted by atomic mass is 10.2. The molecule has 0 aliphatic carbocycles. The number of carbonyl (C=O) groups excluding carboxylic acids is 1. The molecule has 0 bridgehead atoms. The van der Waals surface area contributed by atoms with Crippen molar-refractivity contribution >= 4 is 17.2 Å². The van der Waals surface area contributed by atoms with Crippen molar-refractivity contribution in [3.63, 3.8) is 0 Å². The van der Waals surface area contributed by atoms with Crippen molar-refractivity contribution in [2.45, 2.75) is 13.8 Å². The number of hydrogen-bond acceptors (Lipinski definition) is 3. The number of thiophene rings is 1. The Bertz CT molecular complexity index is 821. The van der Waals surface area contributed by atoms with E-state index in [-0.39, 0.29) is 5.91 Å². The summed E-state index contributed by atoms with van der Waals surface area (Å²) in [6, 6.07) is 21.6. The standard InChI is InChI=1S/C21H21NO2S/c1-3-22(4-2)21(23)20-15-14-19(25-20)16-10-12-18(13-11-16)24-17-8-6-5-7-9-17/h5-15H,3-4H2,1-2H3. The molecule has 4 heteroatoms. The molecule has 0 N–H and O–H groups in total. The molecule has 3 nitrogen and oxygen atoms in total. The first-order valence-electron chi connectivity index (χ1n) is 8.43. The van der Waals surface area contributed by atoms with Gasteiger partial charge in [0, 0.05) is 18.0 Å². The van der Waals surface area contributed by atoms with E-state index >= 15 is 0 Å². The molecule has 0 saturated carbocycles. The Hall–Kier alpha value is -2.59. The molecule has 3 aromatic rings. The van der Waals surface area contributed by atoms with Gasteiger partial charge in [-0.1, -0.05) is 18.2 Å². The Morgan fingerprint density at radius 1 is 0.880 bits per heavy atom. The van der Waals surface area contributed by atoms with Crippen molar-refractivity contribution in [2.75, 3.05) is 13.1 Å². The van der Waals surface area contributed by atoms with Crippen LogP contribution in [0.25, 0.3) is 10.4 Å². The number of carbonyl (C=O) groups is 1. The first kappa shape index (κ1) is 17.2. The second-order valence-electron chi connectivity index (χ2n) is 5.58. The van der Waals surface area contributed by atoms with Crippen LogP contribution in [-0.4, -0.2) is 23.9 Å². The predicted octanol–water partition coefficient (Wildman–Crippen LogP) is 5.69. The fourth-order valence-electron chi connectivity index (χ4n) is 2.59. The third kappa shape index (κ3) is 4.09. The third-order valence-electron chi connectivity index (χ3n) is 3.99. The van der Waals surface area contributed by atoms with Crippen LogP contribution in [-0.2, 0) is 0 Å². The highest BCUT2D eigenvalue weighted by molar-refractivity contribution is 7.17. The van der Waals surface area contributed by atoms with E-state index in [2.05, 4.69) is 0 Å². The highest BCUT2D eigenvalue weighted by atomic mass is 32.1. The second-order valence-corrected chi connectivity index (χ2v) is 6.66. The Labute approximate surface area is 152 Å². The molecule has 0 spiro atoms. The number of rotatable bonds is 6. The molecule has 0 radical (unpaired) electrons. The summed E-state index contributed by atoms with van der Waals surface area (Å²) in [4.78, 5) is 16.1. The van der Waals surface area contributed by atoms with E-state index < -0.39 is 0 Å². The van der Waals surface area contributed by atoms with Gasteiger partial charge < -0.3 is 9.64 Å². The van der Waals surface area contributed by atoms with Crippen LogP contribution >= 0.6 is 11.3 Å². The molecular formula is C21H21NO2S. The van der Waals surface area contributed by atoms with Gasteiger partial charge in [0.15, 0.2) is 0 Å². The van der Waals surface area contributed by atoms with Crippen molar-refractivity contribution in [2.24, 2.45) is 0 Å². The van der Waals surface area contributed by atoms with E-state index in [1.54, 1.807) is 0 Å². The summed E-state index contributed by atoms with van der Waals surface area (Å²) in [5.41, 5.74) is 1.09. The minimum Gasteiger partial charge on any atom is -0.457 e. The minimum absolute atomic E-state index is 0.102. The van der Waals surface area contributed by atoms with Gasteiger partial charge in [0.25, 0.3) is 5.91 Å². The summed E-state index contributed by atoms with van der Waals surface area (Å²) in [7, 11) is 0. The highest BCUT2D eigenvalue weighted by Crippen LogP contribution is 2.31. The third-order valence-corrected chi connectivity index (χ3v) is 5.11. The summed E-state index contributed by atoms with van der Waals surface area (Å²) in [6.45, 7) is 5.46. The molecule has 0 aliphatic heterocycles. The number of para-hydroxylation sites is 1. The molecule has 128 valence electrons. The summed E-state index contributed by atoms with van der Waals surface area (Å²) in [5.74, 6) is 1.72. The van der Waals surface area contributed by atoms with Gasteiger partial charge in [-0.2, -0.15) is 0 Å². The molecule has 3 rings (SSSR count). The zero-order valence-electron chi connectivity index (χ0n) is 14.4. The number of ether oxygens (including phenoxy) is 1. The van der Waals surface area contributed by atoms with E-state index in [9.17, 15) is 4.79 Å². The molecule has 1 amide bonds. The van der Waals surface area contributed by atoms with Crippen LogP contribution in [0.3, 0.4) is 0 Å². The Morgan fingerprint density at radius 2 is 1.52 bits per heavy atom. The SMILES string of the molecule is CCN(CC)C(=O)c1ccc(-c2ccc(Oc3ccccc3)cc2)s1. The van der Waals surface area contributed by atoms with Gasteiger partial charge in [0.1, 0.15) is 11.5 Å². The number of benzene rings is 2. The molecule has 2 aromatic carbocycles. The topological polar surface area (TPSA) is 29.5 Å². The van der Waals surface area contributed by atoms with Crippen molar-refractivity contribution in [1.29, 1.82) is 0 Å². The highest BCUT2D eigenvalue weighted by Gasteiger charge is 2.15. The predicted molar refractivity (Wildman–Crippen MR) is 104 cm³/mol. The second kappa shape index (κ2) is 7.99. The number of hydrogen-bond donors (Lipinski definition) is 0. The van der Waals surface area contributed by atoms with E-state index in [4.69, 9.17) is 4.74 Å². The van der Waals surface area contributed by atoms with Gasteiger partial charge in [-0.05, 0) is 67.9 Å². The van der Waals surface area contributed by atoms with Gasteiger partial charge >= 0.3 is 0 Å². The van der Waals surface area contributed by atoms with Gasteiger partial charge in [-0.25, -0.2) is 0 Å². The summed E-state index contributed by atoms with van der Waals surface area (Å²) >= 11 is 1.53. The monoisotopic (exact) mass is 351 g/mol. The maximum atomic E-state index is 12.4. The summed E-state index contributed by atoms with van der Waals surface area (Å²) < 4.78 is 5.82. The Morgan fingerprint density at radius 3 is 2.16 bits per heavy atom. The Kier molecular flexibility index (Phi) is 5.51. The van der Waals surface area contributed by atoms with Crippen LogP contribution in [0.5, 0.6) is 11.5 Å². The van der Waals surface area contributed by atoms with Gasteiger partial charge in [0.2, 0.25) is 0 Å². The maximum absolute atomic E-state index is 12.4. The maximum Gasteiger partial charge on any atom is 0.263 e. The van der Waals surface area contributed by atoms with E-state index in [0.717, 1.165) is 39.9 Å². The molecule has 1 heterocycles. The lowest BCUT2D eigenvalue weighted by Crippen LogP contribution is -2.29. The zero-order valence-corrected chi connectivity index (χ0v) is 15.3. The average molecular weight is 351 g/mol. The van der Waals surface area contributed by atoms with E-state index in [1.807, 2.05) is 85.5 Å². The average Bonchev–Trinajstić information content (AvgIpc) is 3.14. The molecule has 0 unspecified atom stereocenters. The molecule has 25 heavy (non-hydrogen) atoms. The first-order chi connectivity index (χ1) is 12.2. The van der Waals surface area contributed by atoms with Crippen LogP contribution in [0.4, 0.5) is 0 Å². The van der Waals surface area contributed by atoms with E-state index in [0.29, 0.717) is 0 Å². The summed E-state index contributed by atoms with van der Waals surface area (Å²) in [6.07, 6.45) is 0. The molecule has 1 aromatic heterocycles. The molecule has 0 aliphatic rings. The van der Waals surface area contributed by atoms with Gasteiger partial charge in [-0.3, -0.25) is 4.79 Å². The van der Waals surface area contributed by atoms with Crippen LogP contribution in [0.1, 0.15) is 23.5 Å². The van der Waals surface area contributed by atoms with Crippen LogP contribution in [0, 0.1) is 0 Å². The van der Waals surface area contributed by atoms with Crippen LogP contribution < -0.4 is 4.74 Å². The van der Waals surface area contributed by atoms with E-state index in [1.165, 1.54) is 11.3 Å². The molecule has 0 fully saturated rings. The number of amides is 1. The van der Waals surface area contributed by atoms with Crippen molar-refractivity contribution in [3.8, 4) is 21.9 Å². The molecular weight excluding hydrogens is 330 g/mol. The van der Waals surface area contributed by atoms with Crippen molar-refractivity contribution < 1.29 is 9.53 Å². The minimum atomic E-state index is 0.102. The smallest absolute Gasteiger partial charge is 0.263 e. The van der Waals surface area contributed by atoms with Gasteiger partial charge in [0.05, 0.1) is 4.88 Å². The molecule has 0 atom stereocenters.